The van der Waals surface area contributed by atoms with E-state index in [2.05, 4.69) is 15.5 Å². The molecule has 0 fully saturated rings. The lowest BCUT2D eigenvalue weighted by molar-refractivity contribution is -0.121. The zero-order chi connectivity index (χ0) is 18.0. The highest BCUT2D eigenvalue weighted by atomic mass is 32.2. The number of rotatable bonds is 6. The van der Waals surface area contributed by atoms with Crippen LogP contribution in [-0.2, 0) is 11.3 Å². The second-order valence-electron chi connectivity index (χ2n) is 5.92. The predicted octanol–water partition coefficient (Wildman–Crippen LogP) is 2.07. The molecular formula is C17H21N5O2S. The molecule has 1 aromatic carbocycles. The third kappa shape index (κ3) is 3.26. The average molecular weight is 359 g/mol. The molecule has 25 heavy (non-hydrogen) atoms. The van der Waals surface area contributed by atoms with Crippen LogP contribution in [0.3, 0.4) is 0 Å². The first-order valence-electron chi connectivity index (χ1n) is 8.26. The average Bonchev–Trinajstić information content (AvgIpc) is 3.05. The fourth-order valence-corrected chi connectivity index (χ4v) is 3.21. The molecule has 132 valence electrons. The van der Waals surface area contributed by atoms with Crippen molar-refractivity contribution in [1.82, 2.24) is 24.5 Å². The molecule has 1 atom stereocenters. The number of amides is 1. The van der Waals surface area contributed by atoms with Crippen LogP contribution < -0.4 is 10.9 Å². The van der Waals surface area contributed by atoms with Gasteiger partial charge in [0.25, 0.3) is 5.56 Å². The number of fused-ring (bicyclic) bond motifs is 3. The monoisotopic (exact) mass is 359 g/mol. The van der Waals surface area contributed by atoms with Crippen LogP contribution in [0.2, 0.25) is 0 Å². The van der Waals surface area contributed by atoms with Gasteiger partial charge in [-0.3, -0.25) is 18.6 Å². The minimum atomic E-state index is -0.153. The summed E-state index contributed by atoms with van der Waals surface area (Å²) in [5.74, 6) is 0.390. The molecule has 0 aliphatic carbocycles. The molecule has 0 aliphatic rings. The Kier molecular flexibility index (Phi) is 5.08. The largest absolute Gasteiger partial charge is 0.354 e. The Labute approximate surface area is 149 Å². The number of hydrogen-bond donors (Lipinski definition) is 1. The minimum absolute atomic E-state index is 0.0721. The van der Waals surface area contributed by atoms with Crippen LogP contribution in [-0.4, -0.2) is 37.4 Å². The van der Waals surface area contributed by atoms with Gasteiger partial charge < -0.3 is 5.32 Å². The maximum Gasteiger partial charge on any atom is 0.262 e. The summed E-state index contributed by atoms with van der Waals surface area (Å²) in [6.45, 7) is 4.24. The van der Waals surface area contributed by atoms with Gasteiger partial charge in [0.15, 0.2) is 5.16 Å². The Hall–Kier alpha value is -2.35. The van der Waals surface area contributed by atoms with Crippen molar-refractivity contribution in [1.29, 1.82) is 0 Å². The third-order valence-electron chi connectivity index (χ3n) is 4.24. The van der Waals surface area contributed by atoms with Crippen LogP contribution in [0.1, 0.15) is 26.7 Å². The molecule has 1 N–H and O–H groups in total. The van der Waals surface area contributed by atoms with Crippen molar-refractivity contribution in [2.24, 2.45) is 0 Å². The van der Waals surface area contributed by atoms with Gasteiger partial charge in [-0.15, -0.1) is 10.2 Å². The Bertz CT molecular complexity index is 978. The van der Waals surface area contributed by atoms with Crippen LogP contribution in [0.15, 0.2) is 34.2 Å². The van der Waals surface area contributed by atoms with Crippen LogP contribution in [0.25, 0.3) is 16.7 Å². The number of nitrogens with zero attached hydrogens (tertiary/aromatic N) is 4. The quantitative estimate of drug-likeness (QED) is 0.682. The molecule has 0 spiro atoms. The Morgan fingerprint density at radius 3 is 2.80 bits per heavy atom. The normalized spacial score (nSPS) is 12.6. The lowest BCUT2D eigenvalue weighted by Crippen LogP contribution is -2.33. The first kappa shape index (κ1) is 17.5. The van der Waals surface area contributed by atoms with Gasteiger partial charge in [-0.05, 0) is 31.7 Å². The molecule has 0 bridgehead atoms. The number of benzene rings is 1. The fraction of sp³-hybridized carbons (Fsp3) is 0.412. The van der Waals surface area contributed by atoms with E-state index in [0.29, 0.717) is 16.3 Å². The number of nitrogens with one attached hydrogen (secondary N) is 1. The van der Waals surface area contributed by atoms with Crippen molar-refractivity contribution < 1.29 is 4.79 Å². The highest BCUT2D eigenvalue weighted by Gasteiger charge is 2.16. The van der Waals surface area contributed by atoms with E-state index in [-0.39, 0.29) is 30.5 Å². The second kappa shape index (κ2) is 7.26. The van der Waals surface area contributed by atoms with Crippen molar-refractivity contribution in [3.05, 3.63) is 34.6 Å². The van der Waals surface area contributed by atoms with Crippen molar-refractivity contribution in [3.8, 4) is 0 Å². The molecule has 8 heteroatoms. The van der Waals surface area contributed by atoms with E-state index in [1.807, 2.05) is 42.7 Å². The summed E-state index contributed by atoms with van der Waals surface area (Å²) in [5, 5.41) is 12.6. The number of para-hydroxylation sites is 1. The van der Waals surface area contributed by atoms with Crippen molar-refractivity contribution in [2.45, 2.75) is 44.4 Å². The van der Waals surface area contributed by atoms with E-state index in [4.69, 9.17) is 0 Å². The van der Waals surface area contributed by atoms with E-state index in [1.165, 1.54) is 16.3 Å². The van der Waals surface area contributed by atoms with Gasteiger partial charge >= 0.3 is 0 Å². The molecule has 2 heterocycles. The van der Waals surface area contributed by atoms with Crippen LogP contribution >= 0.6 is 11.8 Å². The lowest BCUT2D eigenvalue weighted by Gasteiger charge is -2.13. The second-order valence-corrected chi connectivity index (χ2v) is 6.70. The van der Waals surface area contributed by atoms with Crippen LogP contribution in [0.4, 0.5) is 0 Å². The van der Waals surface area contributed by atoms with Gasteiger partial charge in [0.2, 0.25) is 11.7 Å². The molecule has 3 rings (SSSR count). The molecule has 1 unspecified atom stereocenters. The van der Waals surface area contributed by atoms with E-state index < -0.39 is 0 Å². The number of aromatic nitrogens is 4. The van der Waals surface area contributed by atoms with Gasteiger partial charge in [0.1, 0.15) is 0 Å². The number of carbonyl (C=O) groups excluding carboxylic acids is 1. The number of carbonyl (C=O) groups is 1. The lowest BCUT2D eigenvalue weighted by atomic mass is 10.2. The van der Waals surface area contributed by atoms with Gasteiger partial charge in [-0.2, -0.15) is 0 Å². The minimum Gasteiger partial charge on any atom is -0.354 e. The number of hydrogen-bond acceptors (Lipinski definition) is 5. The Morgan fingerprint density at radius 1 is 1.32 bits per heavy atom. The van der Waals surface area contributed by atoms with Gasteiger partial charge in [0, 0.05) is 19.0 Å². The van der Waals surface area contributed by atoms with Gasteiger partial charge in [0.05, 0.1) is 10.9 Å². The summed E-state index contributed by atoms with van der Waals surface area (Å²) in [7, 11) is 0. The van der Waals surface area contributed by atoms with Crippen molar-refractivity contribution >= 4 is 34.3 Å². The SMILES string of the molecule is CCC(C)NC(=O)CCn1c(=O)c2ccccc2n2c(SC)nnc12. The van der Waals surface area contributed by atoms with E-state index in [1.54, 1.807) is 6.07 Å². The Morgan fingerprint density at radius 2 is 2.08 bits per heavy atom. The summed E-state index contributed by atoms with van der Waals surface area (Å²) >= 11 is 1.46. The maximum absolute atomic E-state index is 12.9. The number of aryl methyl sites for hydroxylation is 1. The van der Waals surface area contributed by atoms with E-state index >= 15 is 0 Å². The molecular weight excluding hydrogens is 338 g/mol. The molecule has 7 nitrogen and oxygen atoms in total. The summed E-state index contributed by atoms with van der Waals surface area (Å²) in [6.07, 6.45) is 3.01. The molecule has 3 aromatic rings. The van der Waals surface area contributed by atoms with Gasteiger partial charge in [-0.1, -0.05) is 30.8 Å². The van der Waals surface area contributed by atoms with E-state index in [0.717, 1.165) is 11.9 Å². The van der Waals surface area contributed by atoms with Crippen molar-refractivity contribution in [2.75, 3.05) is 6.26 Å². The van der Waals surface area contributed by atoms with Crippen molar-refractivity contribution in [3.63, 3.8) is 0 Å². The predicted molar refractivity (Wildman–Crippen MR) is 99.0 cm³/mol. The summed E-state index contributed by atoms with van der Waals surface area (Å²) < 4.78 is 3.40. The highest BCUT2D eigenvalue weighted by Crippen LogP contribution is 2.19. The standard InChI is InChI=1S/C17H21N5O2S/c1-4-11(2)18-14(23)9-10-21-15(24)12-7-5-6-8-13(12)22-16(21)19-20-17(22)25-3/h5-8,11H,4,9-10H2,1-3H3,(H,18,23). The van der Waals surface area contributed by atoms with Crippen LogP contribution in [0.5, 0.6) is 0 Å². The molecule has 1 amide bonds. The number of thioether (sulfide) groups is 1. The smallest absolute Gasteiger partial charge is 0.262 e. The zero-order valence-electron chi connectivity index (χ0n) is 14.5. The third-order valence-corrected chi connectivity index (χ3v) is 4.87. The molecule has 0 radical (unpaired) electrons. The van der Waals surface area contributed by atoms with Gasteiger partial charge in [-0.25, -0.2) is 0 Å². The summed E-state index contributed by atoms with van der Waals surface area (Å²) in [6, 6.07) is 7.51. The first-order valence-corrected chi connectivity index (χ1v) is 9.49. The topological polar surface area (TPSA) is 81.3 Å². The summed E-state index contributed by atoms with van der Waals surface area (Å²) in [5.41, 5.74) is 0.622. The molecule has 0 saturated heterocycles. The molecule has 0 aliphatic heterocycles. The molecule has 2 aromatic heterocycles. The van der Waals surface area contributed by atoms with E-state index in [9.17, 15) is 9.59 Å². The fourth-order valence-electron chi connectivity index (χ4n) is 2.73. The van der Waals surface area contributed by atoms with Crippen LogP contribution in [0, 0.1) is 0 Å². The zero-order valence-corrected chi connectivity index (χ0v) is 15.3. The first-order chi connectivity index (χ1) is 12.1. The highest BCUT2D eigenvalue weighted by molar-refractivity contribution is 7.98. The molecule has 0 saturated carbocycles. The Balaban J connectivity index is 2.05. The summed E-state index contributed by atoms with van der Waals surface area (Å²) in [4.78, 5) is 25.0. The maximum atomic E-state index is 12.9.